The zero-order valence-electron chi connectivity index (χ0n) is 12.2. The Balaban J connectivity index is 1.91. The summed E-state index contributed by atoms with van der Waals surface area (Å²) >= 11 is 5.90. The van der Waals surface area contributed by atoms with Crippen molar-refractivity contribution in [1.29, 1.82) is 0 Å². The standard InChI is InChI=1S/C16H15ClN4O2/c17-12-7-5-11(6-8-12)9-20-14-4-2-1-3-13(14)16(23)21(19-20)10-15(18)22/h1-8,19H,9-10H2,(H2,18,22). The van der Waals surface area contributed by atoms with Crippen molar-refractivity contribution in [3.8, 4) is 0 Å². The van der Waals surface area contributed by atoms with Crippen LogP contribution in [-0.2, 0) is 11.3 Å². The Labute approximate surface area is 138 Å². The largest absolute Gasteiger partial charge is 0.368 e. The number of nitrogens with two attached hydrogens (primary N) is 1. The molecular weight excluding hydrogens is 316 g/mol. The maximum atomic E-state index is 12.4. The van der Waals surface area contributed by atoms with E-state index in [0.717, 1.165) is 11.3 Å². The SMILES string of the molecule is NC(=O)CN1NN(Cc2ccc(Cl)cc2)c2ccccc2C1=O. The molecule has 3 rings (SSSR count). The molecule has 0 aliphatic carbocycles. The van der Waals surface area contributed by atoms with Gasteiger partial charge in [0.1, 0.15) is 6.54 Å². The van der Waals surface area contributed by atoms with Gasteiger partial charge in [0.05, 0.1) is 17.8 Å². The summed E-state index contributed by atoms with van der Waals surface area (Å²) in [7, 11) is 0. The predicted octanol–water partition coefficient (Wildman–Crippen LogP) is 1.71. The van der Waals surface area contributed by atoms with Crippen LogP contribution in [0.25, 0.3) is 0 Å². The van der Waals surface area contributed by atoms with Gasteiger partial charge in [0.2, 0.25) is 5.91 Å². The fourth-order valence-electron chi connectivity index (χ4n) is 2.44. The maximum absolute atomic E-state index is 12.4. The van der Waals surface area contributed by atoms with Crippen LogP contribution in [0.1, 0.15) is 15.9 Å². The molecule has 2 amide bonds. The molecule has 6 nitrogen and oxygen atoms in total. The number of benzene rings is 2. The minimum absolute atomic E-state index is 0.204. The summed E-state index contributed by atoms with van der Waals surface area (Å²) in [6, 6.07) is 14.6. The third-order valence-corrected chi connectivity index (χ3v) is 3.73. The molecule has 7 heteroatoms. The van der Waals surface area contributed by atoms with Crippen LogP contribution in [-0.4, -0.2) is 23.4 Å². The molecule has 0 unspecified atom stereocenters. The third-order valence-electron chi connectivity index (χ3n) is 3.48. The summed E-state index contributed by atoms with van der Waals surface area (Å²) < 4.78 is 0. The van der Waals surface area contributed by atoms with Crippen molar-refractivity contribution in [3.63, 3.8) is 0 Å². The Kier molecular flexibility index (Phi) is 4.18. The van der Waals surface area contributed by atoms with E-state index in [9.17, 15) is 9.59 Å². The molecule has 0 saturated carbocycles. The number of nitrogens with one attached hydrogen (secondary N) is 1. The lowest BCUT2D eigenvalue weighted by Gasteiger charge is -2.38. The van der Waals surface area contributed by atoms with Gasteiger partial charge in [0.15, 0.2) is 0 Å². The Hall–Kier alpha value is -2.57. The fraction of sp³-hybridized carbons (Fsp3) is 0.125. The number of nitrogens with zero attached hydrogens (tertiary/aromatic N) is 2. The molecule has 2 aromatic carbocycles. The van der Waals surface area contributed by atoms with Crippen LogP contribution in [0, 0.1) is 0 Å². The Morgan fingerprint density at radius 3 is 2.48 bits per heavy atom. The molecule has 0 saturated heterocycles. The van der Waals surface area contributed by atoms with Gasteiger partial charge in [0.25, 0.3) is 5.91 Å². The second-order valence-electron chi connectivity index (χ2n) is 5.19. The number of hydrazine groups is 2. The lowest BCUT2D eigenvalue weighted by atomic mass is 10.1. The Bertz CT molecular complexity index is 748. The first-order chi connectivity index (χ1) is 11.0. The highest BCUT2D eigenvalue weighted by atomic mass is 35.5. The number of hydrogen-bond donors (Lipinski definition) is 2. The average Bonchev–Trinajstić information content (AvgIpc) is 2.53. The van der Waals surface area contributed by atoms with Crippen molar-refractivity contribution in [3.05, 3.63) is 64.7 Å². The summed E-state index contributed by atoms with van der Waals surface area (Å²) in [4.78, 5) is 23.6. The van der Waals surface area contributed by atoms with Crippen LogP contribution < -0.4 is 16.3 Å². The number of primary amides is 1. The summed E-state index contributed by atoms with van der Waals surface area (Å²) in [5.74, 6) is -0.872. The molecule has 0 bridgehead atoms. The fourth-order valence-corrected chi connectivity index (χ4v) is 2.56. The number of amides is 2. The molecule has 1 heterocycles. The van der Waals surface area contributed by atoms with Crippen LogP contribution in [0.4, 0.5) is 5.69 Å². The number of para-hydroxylation sites is 1. The Morgan fingerprint density at radius 1 is 1.09 bits per heavy atom. The quantitative estimate of drug-likeness (QED) is 0.894. The normalized spacial score (nSPS) is 13.9. The molecule has 2 aromatic rings. The first-order valence-electron chi connectivity index (χ1n) is 7.02. The number of carbonyl (C=O) groups excluding carboxylic acids is 2. The monoisotopic (exact) mass is 330 g/mol. The van der Waals surface area contributed by atoms with Crippen molar-refractivity contribution in [1.82, 2.24) is 10.5 Å². The van der Waals surface area contributed by atoms with E-state index in [2.05, 4.69) is 5.53 Å². The molecule has 0 fully saturated rings. The molecule has 23 heavy (non-hydrogen) atoms. The number of hydrogen-bond acceptors (Lipinski definition) is 4. The molecule has 118 valence electrons. The number of halogens is 1. The van der Waals surface area contributed by atoms with Crippen LogP contribution in [0.5, 0.6) is 0 Å². The highest BCUT2D eigenvalue weighted by Crippen LogP contribution is 2.26. The van der Waals surface area contributed by atoms with Gasteiger partial charge >= 0.3 is 0 Å². The zero-order valence-corrected chi connectivity index (χ0v) is 13.0. The highest BCUT2D eigenvalue weighted by molar-refractivity contribution is 6.30. The van der Waals surface area contributed by atoms with Gasteiger partial charge in [-0.05, 0) is 29.8 Å². The molecule has 0 radical (unpaired) electrons. The summed E-state index contributed by atoms with van der Waals surface area (Å²) in [5, 5.41) is 3.66. The molecule has 0 aromatic heterocycles. The van der Waals surface area contributed by atoms with Crippen LogP contribution >= 0.6 is 11.6 Å². The van der Waals surface area contributed by atoms with E-state index < -0.39 is 5.91 Å². The topological polar surface area (TPSA) is 78.7 Å². The molecule has 1 aliphatic rings. The van der Waals surface area contributed by atoms with Crippen molar-refractivity contribution < 1.29 is 9.59 Å². The van der Waals surface area contributed by atoms with Crippen molar-refractivity contribution in [2.45, 2.75) is 6.54 Å². The third kappa shape index (κ3) is 3.28. The summed E-state index contributed by atoms with van der Waals surface area (Å²) in [5.41, 5.74) is 10.4. The van der Waals surface area contributed by atoms with Gasteiger partial charge in [-0.2, -0.15) is 0 Å². The van der Waals surface area contributed by atoms with Gasteiger partial charge in [-0.3, -0.25) is 14.6 Å². The minimum atomic E-state index is -0.586. The van der Waals surface area contributed by atoms with E-state index in [1.54, 1.807) is 29.3 Å². The summed E-state index contributed by atoms with van der Waals surface area (Å²) in [6.07, 6.45) is 0. The maximum Gasteiger partial charge on any atom is 0.272 e. The van der Waals surface area contributed by atoms with Crippen LogP contribution in [0.2, 0.25) is 5.02 Å². The molecular formula is C16H15ClN4O2. The second-order valence-corrected chi connectivity index (χ2v) is 5.62. The number of rotatable bonds is 4. The lowest BCUT2D eigenvalue weighted by Crippen LogP contribution is -2.58. The van der Waals surface area contributed by atoms with Crippen LogP contribution in [0.3, 0.4) is 0 Å². The molecule has 0 atom stereocenters. The van der Waals surface area contributed by atoms with E-state index in [1.165, 1.54) is 5.01 Å². The number of anilines is 1. The van der Waals surface area contributed by atoms with Crippen molar-refractivity contribution in [2.24, 2.45) is 5.73 Å². The zero-order chi connectivity index (χ0) is 16.4. The van der Waals surface area contributed by atoms with E-state index in [0.29, 0.717) is 17.1 Å². The van der Waals surface area contributed by atoms with Gasteiger partial charge in [-0.1, -0.05) is 35.9 Å². The average molecular weight is 331 g/mol. The molecule has 1 aliphatic heterocycles. The minimum Gasteiger partial charge on any atom is -0.368 e. The number of fused-ring (bicyclic) bond motifs is 1. The van der Waals surface area contributed by atoms with Crippen molar-refractivity contribution in [2.75, 3.05) is 11.6 Å². The molecule has 0 spiro atoms. The van der Waals surface area contributed by atoms with E-state index in [1.807, 2.05) is 24.3 Å². The lowest BCUT2D eigenvalue weighted by molar-refractivity contribution is -0.119. The highest BCUT2D eigenvalue weighted by Gasteiger charge is 2.29. The van der Waals surface area contributed by atoms with Gasteiger partial charge in [-0.15, -0.1) is 5.53 Å². The number of carbonyl (C=O) groups is 2. The molecule has 3 N–H and O–H groups in total. The first kappa shape index (κ1) is 15.3. The van der Waals surface area contributed by atoms with Gasteiger partial charge in [-0.25, -0.2) is 5.01 Å². The predicted molar refractivity (Wildman–Crippen MR) is 87.4 cm³/mol. The summed E-state index contributed by atoms with van der Waals surface area (Å²) in [6.45, 7) is 0.293. The van der Waals surface area contributed by atoms with E-state index >= 15 is 0 Å². The van der Waals surface area contributed by atoms with E-state index in [4.69, 9.17) is 17.3 Å². The second kappa shape index (κ2) is 6.28. The first-order valence-corrected chi connectivity index (χ1v) is 7.40. The Morgan fingerprint density at radius 2 is 1.78 bits per heavy atom. The van der Waals surface area contributed by atoms with E-state index in [-0.39, 0.29) is 12.5 Å². The smallest absolute Gasteiger partial charge is 0.272 e. The van der Waals surface area contributed by atoms with Gasteiger partial charge < -0.3 is 5.73 Å². The van der Waals surface area contributed by atoms with Gasteiger partial charge in [0, 0.05) is 5.02 Å². The van der Waals surface area contributed by atoms with Crippen molar-refractivity contribution >= 4 is 29.1 Å². The van der Waals surface area contributed by atoms with Crippen LogP contribution in [0.15, 0.2) is 48.5 Å².